The number of methoxy groups -OCH3 is 2. The number of rotatable bonds is 6. The van der Waals surface area contributed by atoms with Crippen LogP contribution in [0.4, 0.5) is 5.82 Å². The van der Waals surface area contributed by atoms with Crippen LogP contribution < -0.4 is 15.2 Å². The predicted octanol–water partition coefficient (Wildman–Crippen LogP) is 2.16. The third-order valence-electron chi connectivity index (χ3n) is 5.88. The number of ether oxygens (including phenoxy) is 2. The van der Waals surface area contributed by atoms with E-state index in [9.17, 15) is 4.79 Å². The maximum absolute atomic E-state index is 12.6. The van der Waals surface area contributed by atoms with Crippen molar-refractivity contribution >= 4 is 17.2 Å². The summed E-state index contributed by atoms with van der Waals surface area (Å²) in [6.45, 7) is 1.99. The number of imidazole rings is 1. The average Bonchev–Trinajstić information content (AvgIpc) is 3.48. The summed E-state index contributed by atoms with van der Waals surface area (Å²) in [5.74, 6) is 8.88. The second kappa shape index (κ2) is 10.5. The van der Waals surface area contributed by atoms with Crippen LogP contribution in [0.5, 0.6) is 11.5 Å². The van der Waals surface area contributed by atoms with E-state index in [-0.39, 0.29) is 11.8 Å². The molecule has 9 heteroatoms. The maximum atomic E-state index is 12.6. The molecule has 1 aromatic carbocycles. The molecule has 2 aromatic heterocycles. The lowest BCUT2D eigenvalue weighted by molar-refractivity contribution is -0.125. The second-order valence-electron chi connectivity index (χ2n) is 8.64. The van der Waals surface area contributed by atoms with Crippen LogP contribution in [-0.2, 0) is 4.79 Å². The zero-order valence-corrected chi connectivity index (χ0v) is 20.5. The fourth-order valence-corrected chi connectivity index (χ4v) is 4.11. The number of amides is 1. The van der Waals surface area contributed by atoms with Crippen LogP contribution in [0, 0.1) is 11.8 Å². The first kappa shape index (κ1) is 24.1. The summed E-state index contributed by atoms with van der Waals surface area (Å²) < 4.78 is 12.6. The van der Waals surface area contributed by atoms with Gasteiger partial charge < -0.3 is 25.0 Å². The number of hydrogen-bond donors (Lipinski definition) is 1. The van der Waals surface area contributed by atoms with E-state index in [2.05, 4.69) is 16.8 Å². The van der Waals surface area contributed by atoms with Gasteiger partial charge in [0.25, 0.3) is 0 Å². The Bertz CT molecular complexity index is 1300. The highest BCUT2D eigenvalue weighted by atomic mass is 16.5. The first-order valence-corrected chi connectivity index (χ1v) is 11.4. The van der Waals surface area contributed by atoms with Crippen molar-refractivity contribution in [1.82, 2.24) is 24.2 Å². The van der Waals surface area contributed by atoms with Gasteiger partial charge in [0.2, 0.25) is 5.91 Å². The zero-order chi connectivity index (χ0) is 24.9. The summed E-state index contributed by atoms with van der Waals surface area (Å²) in [7, 11) is 7.13. The van der Waals surface area contributed by atoms with E-state index < -0.39 is 0 Å². The van der Waals surface area contributed by atoms with Crippen molar-refractivity contribution in [3.05, 3.63) is 59.8 Å². The van der Waals surface area contributed by atoms with E-state index in [0.29, 0.717) is 41.6 Å². The van der Waals surface area contributed by atoms with Gasteiger partial charge in [-0.3, -0.25) is 9.20 Å². The van der Waals surface area contributed by atoms with Crippen LogP contribution in [0.3, 0.4) is 0 Å². The number of carbonyl (C=O) groups excluding carboxylic acids is 1. The van der Waals surface area contributed by atoms with Crippen LogP contribution >= 0.6 is 0 Å². The van der Waals surface area contributed by atoms with E-state index in [1.54, 1.807) is 32.6 Å². The Balaban J connectivity index is 1.63. The molecule has 0 radical (unpaired) electrons. The minimum absolute atomic E-state index is 0.0170. The average molecular weight is 475 g/mol. The van der Waals surface area contributed by atoms with Crippen LogP contribution in [0.25, 0.3) is 5.52 Å². The molecule has 2 N–H and O–H groups in total. The third kappa shape index (κ3) is 5.39. The van der Waals surface area contributed by atoms with Gasteiger partial charge in [-0.1, -0.05) is 12.0 Å². The number of likely N-dealkylation sites (tertiary alicyclic amines) is 1. The maximum Gasteiger partial charge on any atom is 0.246 e. The van der Waals surface area contributed by atoms with Gasteiger partial charge >= 0.3 is 0 Å². The molecule has 35 heavy (non-hydrogen) atoms. The van der Waals surface area contributed by atoms with Crippen LogP contribution in [0.1, 0.15) is 29.4 Å². The molecule has 1 aliphatic heterocycles. The van der Waals surface area contributed by atoms with Gasteiger partial charge in [-0.15, -0.1) is 0 Å². The monoisotopic (exact) mass is 474 g/mol. The van der Waals surface area contributed by atoms with E-state index in [0.717, 1.165) is 24.4 Å². The van der Waals surface area contributed by atoms with Crippen LogP contribution in [0.15, 0.2) is 42.7 Å². The second-order valence-corrected chi connectivity index (χ2v) is 8.64. The van der Waals surface area contributed by atoms with Gasteiger partial charge in [-0.05, 0) is 38.6 Å². The Labute approximate surface area is 205 Å². The first-order chi connectivity index (χ1) is 16.9. The molecule has 0 bridgehead atoms. The number of hydrogen-bond acceptors (Lipinski definition) is 7. The summed E-state index contributed by atoms with van der Waals surface area (Å²) in [4.78, 5) is 25.6. The molecule has 182 valence electrons. The predicted molar refractivity (Wildman–Crippen MR) is 135 cm³/mol. The molecule has 1 fully saturated rings. The lowest BCUT2D eigenvalue weighted by Gasteiger charge is -2.14. The number of nitrogens with zero attached hydrogens (tertiary/aromatic N) is 5. The van der Waals surface area contributed by atoms with E-state index in [1.807, 2.05) is 52.7 Å². The molecule has 0 saturated carbocycles. The number of anilines is 1. The van der Waals surface area contributed by atoms with Gasteiger partial charge in [0.15, 0.2) is 5.82 Å². The fourth-order valence-electron chi connectivity index (χ4n) is 4.11. The largest absolute Gasteiger partial charge is 0.497 e. The highest BCUT2D eigenvalue weighted by Gasteiger charge is 2.30. The first-order valence-electron chi connectivity index (χ1n) is 11.4. The zero-order valence-electron chi connectivity index (χ0n) is 20.5. The van der Waals surface area contributed by atoms with Crippen molar-refractivity contribution < 1.29 is 14.3 Å². The quantitative estimate of drug-likeness (QED) is 0.432. The highest BCUT2D eigenvalue weighted by molar-refractivity contribution is 5.87. The summed E-state index contributed by atoms with van der Waals surface area (Å²) in [6, 6.07) is 5.46. The molecule has 1 saturated heterocycles. The summed E-state index contributed by atoms with van der Waals surface area (Å²) in [5, 5.41) is 0. The molecular weight excluding hydrogens is 444 g/mol. The molecule has 4 rings (SSSR count). The molecule has 3 aromatic rings. The van der Waals surface area contributed by atoms with Gasteiger partial charge in [-0.2, -0.15) is 0 Å². The number of likely N-dealkylation sites (N-methyl/N-ethyl adjacent to an activating group) is 1. The Morgan fingerprint density at radius 2 is 1.97 bits per heavy atom. The smallest absolute Gasteiger partial charge is 0.246 e. The standard InChI is InChI=1S/C26H30N6O3/c1-30(2)11-5-6-23(33)31-12-9-19(17-31)26-29-22(24-25(27)28-10-13-32(24)26)8-7-18-14-20(34-3)16-21(15-18)35-4/h5-6,10,13-16,19H,9,11-12,17H2,1-4H3,(H2,27,28)/b6-5+/t19-/m1/s1. The van der Waals surface area contributed by atoms with Crippen molar-refractivity contribution in [2.75, 3.05) is 53.7 Å². The third-order valence-corrected chi connectivity index (χ3v) is 5.88. The highest BCUT2D eigenvalue weighted by Crippen LogP contribution is 2.30. The van der Waals surface area contributed by atoms with Crippen molar-refractivity contribution in [2.45, 2.75) is 12.3 Å². The Morgan fingerprint density at radius 1 is 1.23 bits per heavy atom. The molecule has 1 aliphatic rings. The number of benzene rings is 1. The van der Waals surface area contributed by atoms with Crippen LogP contribution in [0.2, 0.25) is 0 Å². The van der Waals surface area contributed by atoms with Gasteiger partial charge in [0, 0.05) is 55.7 Å². The van der Waals surface area contributed by atoms with Crippen molar-refractivity contribution in [3.63, 3.8) is 0 Å². The van der Waals surface area contributed by atoms with Gasteiger partial charge in [0.1, 0.15) is 28.5 Å². The Hall–Kier alpha value is -4.03. The van der Waals surface area contributed by atoms with Crippen molar-refractivity contribution in [2.24, 2.45) is 0 Å². The molecular formula is C26H30N6O3. The fraction of sp³-hybridized carbons (Fsp3) is 0.346. The number of nitrogens with two attached hydrogens (primary N) is 1. The number of nitrogen functional groups attached to an aromatic ring is 1. The van der Waals surface area contributed by atoms with E-state index in [4.69, 9.17) is 20.2 Å². The normalized spacial score (nSPS) is 15.6. The lowest BCUT2D eigenvalue weighted by Crippen LogP contribution is -2.27. The van der Waals surface area contributed by atoms with E-state index in [1.165, 1.54) is 0 Å². The summed E-state index contributed by atoms with van der Waals surface area (Å²) >= 11 is 0. The van der Waals surface area contributed by atoms with Gasteiger partial charge in [-0.25, -0.2) is 9.97 Å². The SMILES string of the molecule is COc1cc(C#Cc2nc([C@@H]3CCN(C(=O)/C=C/CN(C)C)C3)n3ccnc(N)c23)cc(OC)c1. The summed E-state index contributed by atoms with van der Waals surface area (Å²) in [5.41, 5.74) is 8.17. The molecule has 1 amide bonds. The van der Waals surface area contributed by atoms with E-state index >= 15 is 0 Å². The molecule has 0 unspecified atom stereocenters. The van der Waals surface area contributed by atoms with Crippen molar-refractivity contribution in [3.8, 4) is 23.3 Å². The lowest BCUT2D eigenvalue weighted by atomic mass is 10.1. The molecule has 3 heterocycles. The minimum Gasteiger partial charge on any atom is -0.497 e. The molecule has 9 nitrogen and oxygen atoms in total. The van der Waals surface area contributed by atoms with Gasteiger partial charge in [0.05, 0.1) is 14.2 Å². The number of fused-ring (bicyclic) bond motifs is 1. The van der Waals surface area contributed by atoms with Crippen molar-refractivity contribution in [1.29, 1.82) is 0 Å². The number of aromatic nitrogens is 3. The van der Waals surface area contributed by atoms with Crippen LogP contribution in [-0.4, -0.2) is 78.0 Å². The molecule has 0 aliphatic carbocycles. The molecule has 1 atom stereocenters. The Kier molecular flexibility index (Phi) is 7.22. The number of carbonyl (C=O) groups is 1. The minimum atomic E-state index is 0.0170. The molecule has 0 spiro atoms. The topological polar surface area (TPSA) is 98.2 Å². The Morgan fingerprint density at radius 3 is 2.66 bits per heavy atom. The summed E-state index contributed by atoms with van der Waals surface area (Å²) in [6.07, 6.45) is 7.84.